The Hall–Kier alpha value is -3.16. The Labute approximate surface area is 192 Å². The molecule has 2 aromatic heterocycles. The molecule has 5 rings (SSSR count). The van der Waals surface area contributed by atoms with Gasteiger partial charge in [-0.1, -0.05) is 29.8 Å². The van der Waals surface area contributed by atoms with Crippen molar-refractivity contribution < 1.29 is 0 Å². The predicted molar refractivity (Wildman–Crippen MR) is 130 cm³/mol. The molecule has 2 aromatic carbocycles. The summed E-state index contributed by atoms with van der Waals surface area (Å²) in [7, 11) is 0. The number of hydrogen-bond donors (Lipinski definition) is 3. The number of halogens is 1. The van der Waals surface area contributed by atoms with Gasteiger partial charge in [0.05, 0.1) is 23.1 Å². The average Bonchev–Trinajstić information content (AvgIpc) is 3.19. The Bertz CT molecular complexity index is 1240. The number of anilines is 2. The van der Waals surface area contributed by atoms with Gasteiger partial charge in [-0.3, -0.25) is 5.10 Å². The summed E-state index contributed by atoms with van der Waals surface area (Å²) in [6.45, 7) is 8.30. The van der Waals surface area contributed by atoms with Crippen LogP contribution in [0, 0.1) is 13.8 Å². The number of piperazine rings is 1. The van der Waals surface area contributed by atoms with Gasteiger partial charge in [-0.25, -0.2) is 9.97 Å². The SMILES string of the molecule is Cc1cccc(Cl)c1CNc1ncc(-c2ccc3[nH]nc(C)c3c2)nc1N1CCNCC1. The lowest BCUT2D eigenvalue weighted by atomic mass is 10.1. The Morgan fingerprint density at radius 1 is 1.12 bits per heavy atom. The zero-order chi connectivity index (χ0) is 22.1. The normalized spacial score (nSPS) is 14.2. The Morgan fingerprint density at radius 3 is 2.78 bits per heavy atom. The minimum atomic E-state index is 0.596. The van der Waals surface area contributed by atoms with Crippen LogP contribution >= 0.6 is 11.6 Å². The van der Waals surface area contributed by atoms with Crippen LogP contribution in [-0.4, -0.2) is 46.3 Å². The topological polar surface area (TPSA) is 81.8 Å². The predicted octanol–water partition coefficient (Wildman–Crippen LogP) is 4.31. The molecule has 0 amide bonds. The average molecular weight is 448 g/mol. The molecule has 0 bridgehead atoms. The minimum absolute atomic E-state index is 0.596. The van der Waals surface area contributed by atoms with Crippen LogP contribution < -0.4 is 15.5 Å². The summed E-state index contributed by atoms with van der Waals surface area (Å²) < 4.78 is 0. The molecule has 1 saturated heterocycles. The maximum Gasteiger partial charge on any atom is 0.172 e. The van der Waals surface area contributed by atoms with Crippen LogP contribution in [0.25, 0.3) is 22.2 Å². The molecular weight excluding hydrogens is 422 g/mol. The Morgan fingerprint density at radius 2 is 1.97 bits per heavy atom. The molecule has 7 nitrogen and oxygen atoms in total. The fourth-order valence-corrected chi connectivity index (χ4v) is 4.40. The molecule has 0 radical (unpaired) electrons. The van der Waals surface area contributed by atoms with Crippen molar-refractivity contribution in [2.45, 2.75) is 20.4 Å². The molecule has 8 heteroatoms. The van der Waals surface area contributed by atoms with Gasteiger partial charge in [-0.15, -0.1) is 0 Å². The van der Waals surface area contributed by atoms with Crippen LogP contribution in [0.15, 0.2) is 42.6 Å². The number of fused-ring (bicyclic) bond motifs is 1. The molecule has 0 aliphatic carbocycles. The van der Waals surface area contributed by atoms with Crippen molar-refractivity contribution in [2.75, 3.05) is 36.4 Å². The van der Waals surface area contributed by atoms with E-state index in [0.29, 0.717) is 6.54 Å². The highest BCUT2D eigenvalue weighted by Gasteiger charge is 2.19. The zero-order valence-corrected chi connectivity index (χ0v) is 19.0. The van der Waals surface area contributed by atoms with E-state index in [1.54, 1.807) is 0 Å². The van der Waals surface area contributed by atoms with Crippen molar-refractivity contribution in [1.82, 2.24) is 25.5 Å². The summed E-state index contributed by atoms with van der Waals surface area (Å²) in [6, 6.07) is 12.2. The van der Waals surface area contributed by atoms with Gasteiger partial charge in [0.1, 0.15) is 0 Å². The zero-order valence-electron chi connectivity index (χ0n) is 18.2. The number of aromatic amines is 1. The number of nitrogens with one attached hydrogen (secondary N) is 3. The number of aryl methyl sites for hydroxylation is 2. The lowest BCUT2D eigenvalue weighted by Crippen LogP contribution is -2.44. The molecule has 0 spiro atoms. The van der Waals surface area contributed by atoms with Crippen LogP contribution in [0.3, 0.4) is 0 Å². The summed E-state index contributed by atoms with van der Waals surface area (Å²) in [4.78, 5) is 12.1. The van der Waals surface area contributed by atoms with E-state index in [1.165, 1.54) is 0 Å². The monoisotopic (exact) mass is 447 g/mol. The first kappa shape index (κ1) is 20.7. The summed E-state index contributed by atoms with van der Waals surface area (Å²) in [5.41, 5.74) is 6.11. The first-order valence-corrected chi connectivity index (χ1v) is 11.2. The van der Waals surface area contributed by atoms with Crippen molar-refractivity contribution in [3.8, 4) is 11.3 Å². The summed E-state index contributed by atoms with van der Waals surface area (Å²) in [6.07, 6.45) is 1.84. The number of rotatable bonds is 5. The molecule has 0 atom stereocenters. The Kier molecular flexibility index (Phi) is 5.68. The molecule has 164 valence electrons. The van der Waals surface area contributed by atoms with Crippen molar-refractivity contribution in [3.63, 3.8) is 0 Å². The number of aromatic nitrogens is 4. The molecule has 3 heterocycles. The summed E-state index contributed by atoms with van der Waals surface area (Å²) >= 11 is 6.44. The summed E-state index contributed by atoms with van der Waals surface area (Å²) in [5, 5.41) is 16.1. The molecule has 1 fully saturated rings. The quantitative estimate of drug-likeness (QED) is 0.423. The van der Waals surface area contributed by atoms with Crippen molar-refractivity contribution in [1.29, 1.82) is 0 Å². The molecule has 1 aliphatic rings. The first-order valence-electron chi connectivity index (χ1n) is 10.9. The van der Waals surface area contributed by atoms with Crippen molar-refractivity contribution in [2.24, 2.45) is 0 Å². The maximum atomic E-state index is 6.44. The molecule has 0 saturated carbocycles. The van der Waals surface area contributed by atoms with Gasteiger partial charge in [-0.2, -0.15) is 5.10 Å². The van der Waals surface area contributed by atoms with Crippen LogP contribution in [0.4, 0.5) is 11.6 Å². The molecule has 4 aromatic rings. The van der Waals surface area contributed by atoms with E-state index in [1.807, 2.05) is 31.3 Å². The third-order valence-corrected chi connectivity index (χ3v) is 6.36. The molecule has 1 aliphatic heterocycles. The van der Waals surface area contributed by atoms with Crippen LogP contribution in [0.1, 0.15) is 16.8 Å². The third kappa shape index (κ3) is 4.01. The number of nitrogens with zero attached hydrogens (tertiary/aromatic N) is 4. The smallest absolute Gasteiger partial charge is 0.172 e. The Balaban J connectivity index is 1.50. The van der Waals surface area contributed by atoms with Gasteiger partial charge < -0.3 is 15.5 Å². The van der Waals surface area contributed by atoms with Crippen LogP contribution in [0.2, 0.25) is 5.02 Å². The van der Waals surface area contributed by atoms with E-state index in [-0.39, 0.29) is 0 Å². The van der Waals surface area contributed by atoms with Gasteiger partial charge >= 0.3 is 0 Å². The number of H-pyrrole nitrogens is 1. The van der Waals surface area contributed by atoms with E-state index in [0.717, 1.165) is 81.8 Å². The first-order chi connectivity index (χ1) is 15.6. The van der Waals surface area contributed by atoms with Crippen molar-refractivity contribution >= 4 is 34.1 Å². The standard InChI is InChI=1S/C24H26ClN7/c1-15-4-3-5-20(25)19(15)13-27-23-24(32-10-8-26-9-11-32)29-22(14-28-23)17-6-7-21-18(12-17)16(2)30-31-21/h3-7,12,14,26H,8-11,13H2,1-2H3,(H,27,28)(H,30,31). The lowest BCUT2D eigenvalue weighted by Gasteiger charge is -2.30. The summed E-state index contributed by atoms with van der Waals surface area (Å²) in [5.74, 6) is 1.65. The van der Waals surface area contributed by atoms with Gasteiger partial charge in [-0.05, 0) is 43.2 Å². The molecule has 32 heavy (non-hydrogen) atoms. The van der Waals surface area contributed by atoms with E-state index in [4.69, 9.17) is 21.6 Å². The largest absolute Gasteiger partial charge is 0.363 e. The fraction of sp³-hybridized carbons (Fsp3) is 0.292. The van der Waals surface area contributed by atoms with Gasteiger partial charge in [0.2, 0.25) is 0 Å². The second-order valence-electron chi connectivity index (χ2n) is 8.12. The van der Waals surface area contributed by atoms with Gasteiger partial charge in [0, 0.05) is 48.7 Å². The minimum Gasteiger partial charge on any atom is -0.363 e. The molecule has 0 unspecified atom stereocenters. The highest BCUT2D eigenvalue weighted by molar-refractivity contribution is 6.31. The molecule has 3 N–H and O–H groups in total. The van der Waals surface area contributed by atoms with E-state index >= 15 is 0 Å². The lowest BCUT2D eigenvalue weighted by molar-refractivity contribution is 0.585. The van der Waals surface area contributed by atoms with E-state index < -0.39 is 0 Å². The van der Waals surface area contributed by atoms with Crippen LogP contribution in [-0.2, 0) is 6.54 Å². The van der Waals surface area contributed by atoms with Crippen LogP contribution in [0.5, 0.6) is 0 Å². The van der Waals surface area contributed by atoms with E-state index in [9.17, 15) is 0 Å². The fourth-order valence-electron chi connectivity index (χ4n) is 4.11. The van der Waals surface area contributed by atoms with Gasteiger partial charge in [0.25, 0.3) is 0 Å². The van der Waals surface area contributed by atoms with E-state index in [2.05, 4.69) is 50.9 Å². The maximum absolute atomic E-state index is 6.44. The highest BCUT2D eigenvalue weighted by Crippen LogP contribution is 2.29. The second-order valence-corrected chi connectivity index (χ2v) is 8.53. The second kappa shape index (κ2) is 8.76. The number of benzene rings is 2. The number of hydrogen-bond acceptors (Lipinski definition) is 6. The highest BCUT2D eigenvalue weighted by atomic mass is 35.5. The molecular formula is C24H26ClN7. The van der Waals surface area contributed by atoms with Crippen molar-refractivity contribution in [3.05, 3.63) is 64.4 Å². The van der Waals surface area contributed by atoms with Gasteiger partial charge in [0.15, 0.2) is 11.6 Å². The third-order valence-electron chi connectivity index (χ3n) is 6.01.